The lowest BCUT2D eigenvalue weighted by atomic mass is 9.88. The normalized spacial score (nSPS) is 13.0. The van der Waals surface area contributed by atoms with Crippen molar-refractivity contribution in [3.63, 3.8) is 0 Å². The van der Waals surface area contributed by atoms with Gasteiger partial charge in [-0.25, -0.2) is 0 Å². The van der Waals surface area contributed by atoms with E-state index in [-0.39, 0.29) is 6.04 Å². The number of hydrogen-bond acceptors (Lipinski definition) is 1. The largest absolute Gasteiger partial charge is 0.310 e. The van der Waals surface area contributed by atoms with E-state index in [4.69, 9.17) is 23.2 Å². The van der Waals surface area contributed by atoms with E-state index in [0.29, 0.717) is 5.92 Å². The summed E-state index contributed by atoms with van der Waals surface area (Å²) in [7, 11) is 0. The summed E-state index contributed by atoms with van der Waals surface area (Å²) < 4.78 is 0. The molecule has 0 saturated carbocycles. The Kier molecular flexibility index (Phi) is 7.06. The molecular formula is C15H23Cl2N. The van der Waals surface area contributed by atoms with E-state index in [1.165, 1.54) is 0 Å². The molecule has 0 radical (unpaired) electrons. The van der Waals surface area contributed by atoms with Crippen LogP contribution in [0.5, 0.6) is 0 Å². The molecular weight excluding hydrogens is 265 g/mol. The fraction of sp³-hybridized carbons (Fsp3) is 0.600. The van der Waals surface area contributed by atoms with Gasteiger partial charge in [0.1, 0.15) is 0 Å². The topological polar surface area (TPSA) is 12.0 Å². The third-order valence-electron chi connectivity index (χ3n) is 3.45. The molecule has 1 aromatic carbocycles. The van der Waals surface area contributed by atoms with Crippen molar-refractivity contribution in [3.8, 4) is 0 Å². The van der Waals surface area contributed by atoms with Crippen molar-refractivity contribution in [3.05, 3.63) is 33.8 Å². The van der Waals surface area contributed by atoms with Crippen LogP contribution in [0.1, 0.15) is 51.6 Å². The molecule has 0 amide bonds. The summed E-state index contributed by atoms with van der Waals surface area (Å²) >= 11 is 12.7. The number of hydrogen-bond donors (Lipinski definition) is 1. The number of nitrogens with one attached hydrogen (secondary N) is 1. The quantitative estimate of drug-likeness (QED) is 0.701. The minimum Gasteiger partial charge on any atom is -0.310 e. The highest BCUT2D eigenvalue weighted by atomic mass is 35.5. The Morgan fingerprint density at radius 1 is 1.06 bits per heavy atom. The van der Waals surface area contributed by atoms with Crippen molar-refractivity contribution < 1.29 is 0 Å². The van der Waals surface area contributed by atoms with Gasteiger partial charge in [0.15, 0.2) is 0 Å². The lowest BCUT2D eigenvalue weighted by Gasteiger charge is -2.28. The maximum absolute atomic E-state index is 6.34. The lowest BCUT2D eigenvalue weighted by Crippen LogP contribution is -2.29. The average molecular weight is 288 g/mol. The second-order valence-electron chi connectivity index (χ2n) is 4.64. The first-order valence-electron chi connectivity index (χ1n) is 6.82. The van der Waals surface area contributed by atoms with E-state index in [9.17, 15) is 0 Å². The van der Waals surface area contributed by atoms with Crippen molar-refractivity contribution >= 4 is 23.2 Å². The fourth-order valence-electron chi connectivity index (χ4n) is 2.37. The third kappa shape index (κ3) is 3.88. The van der Waals surface area contributed by atoms with Crippen LogP contribution in [-0.2, 0) is 0 Å². The molecule has 0 aromatic heterocycles. The van der Waals surface area contributed by atoms with Gasteiger partial charge in [0.2, 0.25) is 0 Å². The Morgan fingerprint density at radius 3 is 2.06 bits per heavy atom. The van der Waals surface area contributed by atoms with Crippen molar-refractivity contribution in [1.29, 1.82) is 0 Å². The molecule has 1 rings (SSSR count). The van der Waals surface area contributed by atoms with Crippen LogP contribution in [0.25, 0.3) is 0 Å². The first-order chi connectivity index (χ1) is 8.65. The van der Waals surface area contributed by atoms with E-state index >= 15 is 0 Å². The number of halogens is 2. The summed E-state index contributed by atoms with van der Waals surface area (Å²) in [6.45, 7) is 7.60. The summed E-state index contributed by atoms with van der Waals surface area (Å²) in [5.74, 6) is 0.564. The van der Waals surface area contributed by atoms with E-state index < -0.39 is 0 Å². The summed E-state index contributed by atoms with van der Waals surface area (Å²) in [6.07, 6.45) is 3.36. The standard InChI is InChI=1S/C15H23Cl2N/c1-4-10-18-15(11(5-2)6-3)14-12(16)8-7-9-13(14)17/h7-9,11,15,18H,4-6,10H2,1-3H3. The first kappa shape index (κ1) is 15.8. The monoisotopic (exact) mass is 287 g/mol. The molecule has 1 nitrogen and oxygen atoms in total. The fourth-order valence-corrected chi connectivity index (χ4v) is 3.00. The summed E-state index contributed by atoms with van der Waals surface area (Å²) in [5.41, 5.74) is 1.06. The summed E-state index contributed by atoms with van der Waals surface area (Å²) in [5, 5.41) is 5.13. The van der Waals surface area contributed by atoms with Crippen molar-refractivity contribution in [2.75, 3.05) is 6.54 Å². The Morgan fingerprint density at radius 2 is 1.61 bits per heavy atom. The molecule has 0 saturated heterocycles. The van der Waals surface area contributed by atoms with E-state index in [1.807, 2.05) is 18.2 Å². The predicted octanol–water partition coefficient (Wildman–Crippen LogP) is 5.47. The maximum Gasteiger partial charge on any atom is 0.0468 e. The molecule has 0 spiro atoms. The average Bonchev–Trinajstić information content (AvgIpc) is 2.36. The molecule has 1 N–H and O–H groups in total. The minimum absolute atomic E-state index is 0.251. The molecule has 1 aromatic rings. The van der Waals surface area contributed by atoms with Crippen LogP contribution < -0.4 is 5.32 Å². The molecule has 0 aliphatic carbocycles. The zero-order valence-corrected chi connectivity index (χ0v) is 13.0. The van der Waals surface area contributed by atoms with E-state index in [0.717, 1.165) is 41.4 Å². The third-order valence-corrected chi connectivity index (χ3v) is 4.10. The Balaban J connectivity index is 3.08. The van der Waals surface area contributed by atoms with Crippen LogP contribution in [0.2, 0.25) is 10.0 Å². The zero-order valence-electron chi connectivity index (χ0n) is 11.5. The smallest absolute Gasteiger partial charge is 0.0468 e. The predicted molar refractivity (Wildman–Crippen MR) is 81.6 cm³/mol. The highest BCUT2D eigenvalue weighted by Gasteiger charge is 2.24. The van der Waals surface area contributed by atoms with Crippen LogP contribution in [0.4, 0.5) is 0 Å². The first-order valence-corrected chi connectivity index (χ1v) is 7.58. The van der Waals surface area contributed by atoms with Crippen molar-refractivity contribution in [2.24, 2.45) is 5.92 Å². The molecule has 1 unspecified atom stereocenters. The van der Waals surface area contributed by atoms with Gasteiger partial charge in [0, 0.05) is 21.7 Å². The molecule has 0 aliphatic rings. The van der Waals surface area contributed by atoms with Gasteiger partial charge in [0.05, 0.1) is 0 Å². The number of rotatable bonds is 7. The second kappa shape index (κ2) is 8.04. The highest BCUT2D eigenvalue weighted by Crippen LogP contribution is 2.36. The SMILES string of the molecule is CCCNC(c1c(Cl)cccc1Cl)C(CC)CC. The molecule has 3 heteroatoms. The van der Waals surface area contributed by atoms with Gasteiger partial charge in [-0.05, 0) is 31.0 Å². The van der Waals surface area contributed by atoms with Crippen LogP contribution in [0.15, 0.2) is 18.2 Å². The molecule has 18 heavy (non-hydrogen) atoms. The molecule has 0 aliphatic heterocycles. The van der Waals surface area contributed by atoms with Gasteiger partial charge in [-0.2, -0.15) is 0 Å². The maximum atomic E-state index is 6.34. The van der Waals surface area contributed by atoms with Gasteiger partial charge in [0.25, 0.3) is 0 Å². The second-order valence-corrected chi connectivity index (χ2v) is 5.46. The Bertz CT molecular complexity index is 341. The van der Waals surface area contributed by atoms with Crippen molar-refractivity contribution in [1.82, 2.24) is 5.32 Å². The van der Waals surface area contributed by atoms with Crippen LogP contribution in [0, 0.1) is 5.92 Å². The van der Waals surface area contributed by atoms with Crippen LogP contribution in [-0.4, -0.2) is 6.54 Å². The van der Waals surface area contributed by atoms with Crippen molar-refractivity contribution in [2.45, 2.75) is 46.1 Å². The molecule has 0 bridgehead atoms. The summed E-state index contributed by atoms with van der Waals surface area (Å²) in [4.78, 5) is 0. The Hall–Kier alpha value is -0.240. The minimum atomic E-state index is 0.251. The highest BCUT2D eigenvalue weighted by molar-refractivity contribution is 6.36. The lowest BCUT2D eigenvalue weighted by molar-refractivity contribution is 0.342. The molecule has 0 fully saturated rings. The van der Waals surface area contributed by atoms with Gasteiger partial charge in [-0.15, -0.1) is 0 Å². The van der Waals surface area contributed by atoms with Crippen LogP contribution >= 0.6 is 23.2 Å². The molecule has 1 atom stereocenters. The van der Waals surface area contributed by atoms with E-state index in [1.54, 1.807) is 0 Å². The Labute approximate surface area is 121 Å². The molecule has 102 valence electrons. The zero-order chi connectivity index (χ0) is 13.5. The van der Waals surface area contributed by atoms with Gasteiger partial charge in [-0.3, -0.25) is 0 Å². The van der Waals surface area contributed by atoms with Crippen LogP contribution in [0.3, 0.4) is 0 Å². The molecule has 0 heterocycles. The number of benzene rings is 1. The van der Waals surface area contributed by atoms with Gasteiger partial charge < -0.3 is 5.32 Å². The van der Waals surface area contributed by atoms with Gasteiger partial charge in [-0.1, -0.05) is 62.9 Å². The summed E-state index contributed by atoms with van der Waals surface area (Å²) in [6, 6.07) is 6.00. The van der Waals surface area contributed by atoms with Gasteiger partial charge >= 0.3 is 0 Å². The van der Waals surface area contributed by atoms with E-state index in [2.05, 4.69) is 26.1 Å².